The van der Waals surface area contributed by atoms with Gasteiger partial charge in [0.2, 0.25) is 0 Å². The first kappa shape index (κ1) is 20.3. The summed E-state index contributed by atoms with van der Waals surface area (Å²) in [4.78, 5) is 22.1. The van der Waals surface area contributed by atoms with E-state index >= 15 is 0 Å². The van der Waals surface area contributed by atoms with E-state index in [-0.39, 0.29) is 11.6 Å². The molecule has 2 nitrogen and oxygen atoms in total. The van der Waals surface area contributed by atoms with Crippen LogP contribution in [0.1, 0.15) is 34.6 Å². The van der Waals surface area contributed by atoms with Crippen molar-refractivity contribution in [3.8, 4) is 11.1 Å². The van der Waals surface area contributed by atoms with Gasteiger partial charge in [-0.2, -0.15) is 0 Å². The number of ketones is 2. The van der Waals surface area contributed by atoms with Crippen LogP contribution in [0.25, 0.3) is 11.1 Å². The Balaban J connectivity index is 0.000000209. The Bertz CT molecular complexity index is 918. The number of benzene rings is 3. The summed E-state index contributed by atoms with van der Waals surface area (Å²) in [5, 5.41) is 0. The standard InChI is InChI=1S/C14H11BrO.C8H7BrO/c1-10(16)13-8-7-12(9-14(13)15)11-5-3-2-4-6-11;1-6(10)7-4-2-3-5-8(7)9/h2-9H,1H3;2-5H,1H3. The van der Waals surface area contributed by atoms with E-state index in [9.17, 15) is 9.59 Å². The largest absolute Gasteiger partial charge is 0.294 e. The van der Waals surface area contributed by atoms with Crippen LogP contribution in [0.4, 0.5) is 0 Å². The van der Waals surface area contributed by atoms with Gasteiger partial charge >= 0.3 is 0 Å². The first-order valence-electron chi connectivity index (χ1n) is 8.01. The van der Waals surface area contributed by atoms with Gasteiger partial charge in [0.05, 0.1) is 0 Å². The second-order valence-corrected chi connectivity index (χ2v) is 7.36. The molecule has 132 valence electrons. The summed E-state index contributed by atoms with van der Waals surface area (Å²) in [6.45, 7) is 3.13. The van der Waals surface area contributed by atoms with Gasteiger partial charge in [0.25, 0.3) is 0 Å². The minimum absolute atomic E-state index is 0.0755. The molecule has 0 N–H and O–H groups in total. The summed E-state index contributed by atoms with van der Waals surface area (Å²) < 4.78 is 1.71. The van der Waals surface area contributed by atoms with Crippen LogP contribution in [0.3, 0.4) is 0 Å². The van der Waals surface area contributed by atoms with Gasteiger partial charge in [-0.1, -0.05) is 86.5 Å². The first-order chi connectivity index (χ1) is 12.4. The molecule has 0 unspecified atom stereocenters. The average Bonchev–Trinajstić information content (AvgIpc) is 2.63. The van der Waals surface area contributed by atoms with Crippen LogP contribution in [0.5, 0.6) is 0 Å². The van der Waals surface area contributed by atoms with E-state index in [1.807, 2.05) is 54.6 Å². The van der Waals surface area contributed by atoms with Crippen molar-refractivity contribution >= 4 is 43.4 Å². The lowest BCUT2D eigenvalue weighted by Gasteiger charge is -2.05. The molecule has 0 aromatic heterocycles. The first-order valence-corrected chi connectivity index (χ1v) is 9.60. The molecule has 0 bridgehead atoms. The van der Waals surface area contributed by atoms with Crippen molar-refractivity contribution in [2.75, 3.05) is 0 Å². The molecule has 0 heterocycles. The maximum atomic E-state index is 11.3. The molecule has 0 atom stereocenters. The molecule has 3 aromatic rings. The summed E-state index contributed by atoms with van der Waals surface area (Å²) in [5.74, 6) is 0.166. The monoisotopic (exact) mass is 472 g/mol. The van der Waals surface area contributed by atoms with E-state index in [1.54, 1.807) is 19.9 Å². The Morgan fingerprint density at radius 3 is 1.65 bits per heavy atom. The van der Waals surface area contributed by atoms with Crippen molar-refractivity contribution in [2.45, 2.75) is 13.8 Å². The van der Waals surface area contributed by atoms with Gasteiger partial charge in [-0.15, -0.1) is 0 Å². The SMILES string of the molecule is CC(=O)c1ccc(-c2ccccc2)cc1Br.CC(=O)c1ccccc1Br. The fraction of sp³-hybridized carbons (Fsp3) is 0.0909. The third-order valence-electron chi connectivity index (χ3n) is 3.71. The van der Waals surface area contributed by atoms with Gasteiger partial charge in [-0.25, -0.2) is 0 Å². The fourth-order valence-corrected chi connectivity index (χ4v) is 3.58. The normalized spacial score (nSPS) is 9.85. The molecule has 0 saturated carbocycles. The predicted octanol–water partition coefficient (Wildman–Crippen LogP) is 6.97. The van der Waals surface area contributed by atoms with Crippen molar-refractivity contribution in [3.63, 3.8) is 0 Å². The molecule has 0 saturated heterocycles. The molecule has 26 heavy (non-hydrogen) atoms. The molecule has 0 aliphatic heterocycles. The smallest absolute Gasteiger partial charge is 0.160 e. The Morgan fingerprint density at radius 2 is 1.15 bits per heavy atom. The molecule has 0 aliphatic carbocycles. The molecule has 3 aromatic carbocycles. The van der Waals surface area contributed by atoms with Crippen molar-refractivity contribution in [1.29, 1.82) is 0 Å². The number of halogens is 2. The third-order valence-corrected chi connectivity index (χ3v) is 5.06. The maximum Gasteiger partial charge on any atom is 0.160 e. The summed E-state index contributed by atoms with van der Waals surface area (Å²) in [5.41, 5.74) is 3.72. The number of hydrogen-bond acceptors (Lipinski definition) is 2. The Labute approximate surface area is 170 Å². The molecule has 4 heteroatoms. The van der Waals surface area contributed by atoms with Gasteiger partial charge in [-0.3, -0.25) is 9.59 Å². The average molecular weight is 474 g/mol. The lowest BCUT2D eigenvalue weighted by atomic mass is 10.0. The van der Waals surface area contributed by atoms with E-state index in [4.69, 9.17) is 0 Å². The quantitative estimate of drug-likeness (QED) is 0.385. The zero-order chi connectivity index (χ0) is 19.1. The topological polar surface area (TPSA) is 34.1 Å². The Hall–Kier alpha value is -2.04. The number of carbonyl (C=O) groups is 2. The molecule has 0 fully saturated rings. The van der Waals surface area contributed by atoms with E-state index in [0.29, 0.717) is 0 Å². The van der Waals surface area contributed by atoms with Gasteiger partial charge in [0, 0.05) is 20.1 Å². The summed E-state index contributed by atoms with van der Waals surface area (Å²) >= 11 is 6.70. The second kappa shape index (κ2) is 9.60. The molecule has 3 rings (SSSR count). The maximum absolute atomic E-state index is 11.3. The van der Waals surface area contributed by atoms with Crippen LogP contribution in [-0.2, 0) is 0 Å². The minimum atomic E-state index is 0.0755. The fourth-order valence-electron chi connectivity index (χ4n) is 2.36. The molecule has 0 aliphatic rings. The molecular weight excluding hydrogens is 456 g/mol. The zero-order valence-corrected chi connectivity index (χ0v) is 17.7. The van der Waals surface area contributed by atoms with Gasteiger partial charge in [0.1, 0.15) is 0 Å². The lowest BCUT2D eigenvalue weighted by molar-refractivity contribution is 0.100. The van der Waals surface area contributed by atoms with Gasteiger partial charge in [0.15, 0.2) is 11.6 Å². The molecule has 0 radical (unpaired) electrons. The van der Waals surface area contributed by atoms with Crippen molar-refractivity contribution in [3.05, 3.63) is 92.9 Å². The van der Waals surface area contributed by atoms with Crippen molar-refractivity contribution in [1.82, 2.24) is 0 Å². The minimum Gasteiger partial charge on any atom is -0.294 e. The van der Waals surface area contributed by atoms with Crippen molar-refractivity contribution in [2.24, 2.45) is 0 Å². The number of hydrogen-bond donors (Lipinski definition) is 0. The number of Topliss-reactive ketones (excluding diaryl/α,β-unsaturated/α-hetero) is 2. The van der Waals surface area contributed by atoms with Crippen LogP contribution in [-0.4, -0.2) is 11.6 Å². The van der Waals surface area contributed by atoms with E-state index in [1.165, 1.54) is 0 Å². The van der Waals surface area contributed by atoms with Crippen LogP contribution in [0.15, 0.2) is 81.7 Å². The Kier molecular flexibility index (Phi) is 7.49. The second-order valence-electron chi connectivity index (χ2n) is 5.65. The summed E-state index contributed by atoms with van der Waals surface area (Å²) in [7, 11) is 0. The van der Waals surface area contributed by atoms with Crippen LogP contribution in [0, 0.1) is 0 Å². The third kappa shape index (κ3) is 5.48. The van der Waals surface area contributed by atoms with Gasteiger partial charge < -0.3 is 0 Å². The van der Waals surface area contributed by atoms with Crippen LogP contribution in [0.2, 0.25) is 0 Å². The summed E-state index contributed by atoms with van der Waals surface area (Å²) in [6, 6.07) is 23.3. The lowest BCUT2D eigenvalue weighted by Crippen LogP contribution is -1.93. The van der Waals surface area contributed by atoms with Crippen LogP contribution < -0.4 is 0 Å². The van der Waals surface area contributed by atoms with E-state index in [0.717, 1.165) is 31.2 Å². The summed E-state index contributed by atoms with van der Waals surface area (Å²) in [6.07, 6.45) is 0. The highest BCUT2D eigenvalue weighted by atomic mass is 79.9. The predicted molar refractivity (Wildman–Crippen MR) is 114 cm³/mol. The Morgan fingerprint density at radius 1 is 0.615 bits per heavy atom. The highest BCUT2D eigenvalue weighted by Crippen LogP contribution is 2.26. The van der Waals surface area contributed by atoms with Crippen LogP contribution >= 0.6 is 31.9 Å². The molecular formula is C22H18Br2O2. The van der Waals surface area contributed by atoms with Crippen molar-refractivity contribution < 1.29 is 9.59 Å². The highest BCUT2D eigenvalue weighted by molar-refractivity contribution is 9.10. The molecule has 0 amide bonds. The number of rotatable bonds is 3. The van der Waals surface area contributed by atoms with E-state index in [2.05, 4.69) is 44.0 Å². The highest BCUT2D eigenvalue weighted by Gasteiger charge is 2.06. The van der Waals surface area contributed by atoms with E-state index < -0.39 is 0 Å². The molecule has 0 spiro atoms. The zero-order valence-electron chi connectivity index (χ0n) is 14.5. The number of carbonyl (C=O) groups excluding carboxylic acids is 2. The van der Waals surface area contributed by atoms with Gasteiger partial charge in [-0.05, 0) is 43.2 Å².